The van der Waals surface area contributed by atoms with Gasteiger partial charge in [-0.05, 0) is 50.2 Å². The highest BCUT2D eigenvalue weighted by molar-refractivity contribution is 6.01. The van der Waals surface area contributed by atoms with Gasteiger partial charge in [-0.1, -0.05) is 0 Å². The van der Waals surface area contributed by atoms with Crippen molar-refractivity contribution in [3.8, 4) is 0 Å². The van der Waals surface area contributed by atoms with Crippen molar-refractivity contribution in [2.75, 3.05) is 37.4 Å². The van der Waals surface area contributed by atoms with Crippen LogP contribution in [0.3, 0.4) is 0 Å². The molecule has 0 saturated carbocycles. The van der Waals surface area contributed by atoms with Crippen LogP contribution in [0.1, 0.15) is 18.4 Å². The number of hydrogen-bond donors (Lipinski definition) is 2. The van der Waals surface area contributed by atoms with Gasteiger partial charge in [-0.2, -0.15) is 0 Å². The van der Waals surface area contributed by atoms with Crippen molar-refractivity contribution in [1.29, 1.82) is 0 Å². The van der Waals surface area contributed by atoms with Gasteiger partial charge in [0.2, 0.25) is 5.91 Å². The summed E-state index contributed by atoms with van der Waals surface area (Å²) in [5.74, 6) is 0.177. The van der Waals surface area contributed by atoms with Crippen molar-refractivity contribution < 1.29 is 4.79 Å². The van der Waals surface area contributed by atoms with E-state index in [2.05, 4.69) is 16.7 Å². The van der Waals surface area contributed by atoms with Crippen LogP contribution in [0, 0.1) is 0 Å². The molecular weight excluding hydrogens is 226 g/mol. The lowest BCUT2D eigenvalue weighted by Gasteiger charge is -2.11. The van der Waals surface area contributed by atoms with Crippen molar-refractivity contribution in [1.82, 2.24) is 5.32 Å². The zero-order valence-corrected chi connectivity index (χ0v) is 11.1. The molecule has 2 N–H and O–H groups in total. The number of unbranched alkanes of at least 4 members (excludes halogenated alkanes) is 1. The number of fused-ring (bicyclic) bond motifs is 1. The summed E-state index contributed by atoms with van der Waals surface area (Å²) in [4.78, 5) is 13.3. The maximum Gasteiger partial charge on any atom is 0.231 e. The van der Waals surface area contributed by atoms with E-state index >= 15 is 0 Å². The van der Waals surface area contributed by atoms with E-state index in [0.717, 1.165) is 36.4 Å². The van der Waals surface area contributed by atoms with E-state index in [0.29, 0.717) is 6.42 Å². The first-order chi connectivity index (χ1) is 8.72. The smallest absolute Gasteiger partial charge is 0.231 e. The number of likely N-dealkylation sites (N-methyl/N-ethyl adjacent to an activating group) is 1. The highest BCUT2D eigenvalue weighted by Gasteiger charge is 2.23. The third-order valence-corrected chi connectivity index (χ3v) is 3.34. The highest BCUT2D eigenvalue weighted by Crippen LogP contribution is 2.29. The Kier molecular flexibility index (Phi) is 4.20. The second-order valence-electron chi connectivity index (χ2n) is 4.71. The summed E-state index contributed by atoms with van der Waals surface area (Å²) in [6, 6.07) is 6.16. The minimum atomic E-state index is 0.177. The lowest BCUT2D eigenvalue weighted by molar-refractivity contribution is -0.117. The number of carbonyl (C=O) groups is 1. The van der Waals surface area contributed by atoms with E-state index in [-0.39, 0.29) is 5.91 Å². The Labute approximate surface area is 108 Å². The van der Waals surface area contributed by atoms with E-state index in [4.69, 9.17) is 0 Å². The van der Waals surface area contributed by atoms with Crippen molar-refractivity contribution in [2.24, 2.45) is 0 Å². The van der Waals surface area contributed by atoms with Crippen molar-refractivity contribution in [3.63, 3.8) is 0 Å². The maximum absolute atomic E-state index is 11.6. The fourth-order valence-corrected chi connectivity index (χ4v) is 2.24. The van der Waals surface area contributed by atoms with Crippen LogP contribution in [-0.2, 0) is 11.2 Å². The molecule has 0 saturated heterocycles. The summed E-state index contributed by atoms with van der Waals surface area (Å²) in [7, 11) is 3.81. The van der Waals surface area contributed by atoms with E-state index in [1.54, 1.807) is 4.90 Å². The second-order valence-corrected chi connectivity index (χ2v) is 4.71. The summed E-state index contributed by atoms with van der Waals surface area (Å²) < 4.78 is 0. The average Bonchev–Trinajstić information content (AvgIpc) is 2.65. The molecule has 0 bridgehead atoms. The van der Waals surface area contributed by atoms with Gasteiger partial charge in [0.25, 0.3) is 0 Å². The van der Waals surface area contributed by atoms with Gasteiger partial charge in [0.1, 0.15) is 0 Å². The minimum Gasteiger partial charge on any atom is -0.385 e. The quantitative estimate of drug-likeness (QED) is 0.751. The first-order valence-electron chi connectivity index (χ1n) is 6.50. The molecule has 98 valence electrons. The third kappa shape index (κ3) is 2.82. The van der Waals surface area contributed by atoms with Crippen molar-refractivity contribution in [3.05, 3.63) is 23.8 Å². The Bertz CT molecular complexity index is 431. The van der Waals surface area contributed by atoms with Crippen LogP contribution in [0.2, 0.25) is 0 Å². The molecule has 1 aliphatic rings. The molecule has 0 atom stereocenters. The van der Waals surface area contributed by atoms with Gasteiger partial charge >= 0.3 is 0 Å². The molecule has 1 aromatic rings. The topological polar surface area (TPSA) is 44.4 Å². The molecular formula is C14H21N3O. The number of anilines is 2. The largest absolute Gasteiger partial charge is 0.385 e. The number of amides is 1. The summed E-state index contributed by atoms with van der Waals surface area (Å²) in [6.45, 7) is 2.04. The van der Waals surface area contributed by atoms with Gasteiger partial charge in [-0.15, -0.1) is 0 Å². The summed E-state index contributed by atoms with van der Waals surface area (Å²) in [5.41, 5.74) is 3.28. The first kappa shape index (κ1) is 12.9. The monoisotopic (exact) mass is 247 g/mol. The van der Waals surface area contributed by atoms with Crippen LogP contribution in [-0.4, -0.2) is 33.1 Å². The zero-order chi connectivity index (χ0) is 13.0. The Morgan fingerprint density at radius 2 is 2.06 bits per heavy atom. The lowest BCUT2D eigenvalue weighted by atomic mass is 10.1. The number of nitrogens with one attached hydrogen (secondary N) is 2. The number of rotatable bonds is 6. The molecule has 1 aromatic carbocycles. The molecule has 0 aliphatic carbocycles. The van der Waals surface area contributed by atoms with Gasteiger partial charge in [0.15, 0.2) is 0 Å². The minimum absolute atomic E-state index is 0.177. The van der Waals surface area contributed by atoms with E-state index in [9.17, 15) is 4.79 Å². The molecule has 1 amide bonds. The molecule has 1 aliphatic heterocycles. The summed E-state index contributed by atoms with van der Waals surface area (Å²) in [5, 5.41) is 6.54. The Morgan fingerprint density at radius 1 is 1.28 bits per heavy atom. The molecule has 0 unspecified atom stereocenters. The van der Waals surface area contributed by atoms with Crippen LogP contribution in [0.15, 0.2) is 18.2 Å². The maximum atomic E-state index is 11.6. The van der Waals surface area contributed by atoms with Crippen LogP contribution < -0.4 is 15.5 Å². The highest BCUT2D eigenvalue weighted by atomic mass is 16.2. The fourth-order valence-electron chi connectivity index (χ4n) is 2.24. The second kappa shape index (κ2) is 5.87. The Balaban J connectivity index is 1.89. The van der Waals surface area contributed by atoms with Gasteiger partial charge in [-0.25, -0.2) is 0 Å². The number of hydrogen-bond acceptors (Lipinski definition) is 3. The molecule has 4 heteroatoms. The lowest BCUT2D eigenvalue weighted by Crippen LogP contribution is -2.20. The van der Waals surface area contributed by atoms with Crippen LogP contribution in [0.5, 0.6) is 0 Å². The summed E-state index contributed by atoms with van der Waals surface area (Å²) >= 11 is 0. The standard InChI is InChI=1S/C14H21N3O/c1-15-7-3-4-8-16-12-5-6-13-11(9-12)10-14(18)17(13)2/h5-6,9,15-16H,3-4,7-8,10H2,1-2H3. The van der Waals surface area contributed by atoms with Crippen molar-refractivity contribution >= 4 is 17.3 Å². The summed E-state index contributed by atoms with van der Waals surface area (Å²) in [6.07, 6.45) is 2.85. The van der Waals surface area contributed by atoms with Gasteiger partial charge in [-0.3, -0.25) is 4.79 Å². The first-order valence-corrected chi connectivity index (χ1v) is 6.50. The van der Waals surface area contributed by atoms with Gasteiger partial charge < -0.3 is 15.5 Å². The molecule has 0 aromatic heterocycles. The fraction of sp³-hybridized carbons (Fsp3) is 0.500. The Morgan fingerprint density at radius 3 is 2.83 bits per heavy atom. The molecule has 2 rings (SSSR count). The molecule has 1 heterocycles. The van der Waals surface area contributed by atoms with E-state index < -0.39 is 0 Å². The average molecular weight is 247 g/mol. The normalized spacial score (nSPS) is 13.9. The van der Waals surface area contributed by atoms with Crippen LogP contribution in [0.25, 0.3) is 0 Å². The van der Waals surface area contributed by atoms with Gasteiger partial charge in [0.05, 0.1) is 6.42 Å². The molecule has 18 heavy (non-hydrogen) atoms. The SMILES string of the molecule is CNCCCCNc1ccc2c(c1)CC(=O)N2C. The molecule has 0 radical (unpaired) electrons. The Hall–Kier alpha value is -1.55. The number of nitrogens with zero attached hydrogens (tertiary/aromatic N) is 1. The van der Waals surface area contributed by atoms with E-state index in [1.807, 2.05) is 26.2 Å². The number of carbonyl (C=O) groups excluding carboxylic acids is 1. The van der Waals surface area contributed by atoms with Gasteiger partial charge in [0, 0.05) is 25.0 Å². The molecule has 0 spiro atoms. The van der Waals surface area contributed by atoms with E-state index in [1.165, 1.54) is 6.42 Å². The number of benzene rings is 1. The van der Waals surface area contributed by atoms with Crippen LogP contribution >= 0.6 is 0 Å². The third-order valence-electron chi connectivity index (χ3n) is 3.34. The molecule has 0 fully saturated rings. The molecule has 4 nitrogen and oxygen atoms in total. The predicted molar refractivity (Wildman–Crippen MR) is 75.2 cm³/mol. The van der Waals surface area contributed by atoms with Crippen LogP contribution in [0.4, 0.5) is 11.4 Å². The van der Waals surface area contributed by atoms with Crippen molar-refractivity contribution in [2.45, 2.75) is 19.3 Å². The predicted octanol–water partition coefficient (Wildman–Crippen LogP) is 1.62. The zero-order valence-electron chi connectivity index (χ0n) is 11.1.